The van der Waals surface area contributed by atoms with Crippen LogP contribution in [0.1, 0.15) is 18.2 Å². The molecule has 0 amide bonds. The lowest BCUT2D eigenvalue weighted by Gasteiger charge is -2.06. The van der Waals surface area contributed by atoms with E-state index in [-0.39, 0.29) is 0 Å². The average Bonchev–Trinajstić information content (AvgIpc) is 2.33. The van der Waals surface area contributed by atoms with Gasteiger partial charge in [-0.25, -0.2) is 0 Å². The number of para-hydroxylation sites is 1. The van der Waals surface area contributed by atoms with E-state index < -0.39 is 0 Å². The second-order valence-electron chi connectivity index (χ2n) is 3.58. The molecule has 2 aromatic rings. The Labute approximate surface area is 95.1 Å². The van der Waals surface area contributed by atoms with Crippen molar-refractivity contribution in [2.24, 2.45) is 0 Å². The van der Waals surface area contributed by atoms with E-state index in [2.05, 4.69) is 10.2 Å². The van der Waals surface area contributed by atoms with Gasteiger partial charge in [-0.2, -0.15) is 5.10 Å². The molecule has 0 bridgehead atoms. The Morgan fingerprint density at radius 1 is 1.06 bits per heavy atom. The summed E-state index contributed by atoms with van der Waals surface area (Å²) in [6, 6.07) is 11.6. The van der Waals surface area contributed by atoms with Crippen LogP contribution >= 0.6 is 0 Å². The van der Waals surface area contributed by atoms with Crippen LogP contribution in [0.4, 0.5) is 0 Å². The van der Waals surface area contributed by atoms with Crippen LogP contribution in [0.5, 0.6) is 11.6 Å². The third kappa shape index (κ3) is 2.37. The minimum atomic E-state index is 0.534. The fourth-order valence-electron chi connectivity index (χ4n) is 1.37. The van der Waals surface area contributed by atoms with Crippen LogP contribution in [0.25, 0.3) is 0 Å². The van der Waals surface area contributed by atoms with Crippen LogP contribution in [0.2, 0.25) is 0 Å². The SMILES string of the molecule is CCc1ccc(Oc2ccccc2C)nn1. The standard InChI is InChI=1S/C13H14N2O/c1-3-11-8-9-13(15-14-11)16-12-7-5-4-6-10(12)2/h4-9H,3H2,1-2H3. The number of hydrogen-bond donors (Lipinski definition) is 0. The molecule has 0 atom stereocenters. The van der Waals surface area contributed by atoms with E-state index in [1.54, 1.807) is 0 Å². The largest absolute Gasteiger partial charge is 0.437 e. The van der Waals surface area contributed by atoms with Crippen molar-refractivity contribution >= 4 is 0 Å². The van der Waals surface area contributed by atoms with Gasteiger partial charge in [-0.1, -0.05) is 25.1 Å². The highest BCUT2D eigenvalue weighted by Gasteiger charge is 2.01. The predicted molar refractivity (Wildman–Crippen MR) is 62.7 cm³/mol. The summed E-state index contributed by atoms with van der Waals surface area (Å²) in [5.41, 5.74) is 2.06. The number of benzene rings is 1. The summed E-state index contributed by atoms with van der Waals surface area (Å²) in [4.78, 5) is 0. The fourth-order valence-corrected chi connectivity index (χ4v) is 1.37. The Morgan fingerprint density at radius 2 is 1.88 bits per heavy atom. The molecule has 0 saturated heterocycles. The van der Waals surface area contributed by atoms with E-state index in [0.29, 0.717) is 5.88 Å². The van der Waals surface area contributed by atoms with E-state index in [0.717, 1.165) is 23.4 Å². The lowest BCUT2D eigenvalue weighted by Crippen LogP contribution is -1.94. The van der Waals surface area contributed by atoms with Crippen LogP contribution < -0.4 is 4.74 Å². The fraction of sp³-hybridized carbons (Fsp3) is 0.231. The molecule has 0 fully saturated rings. The summed E-state index contributed by atoms with van der Waals surface area (Å²) in [7, 11) is 0. The number of aromatic nitrogens is 2. The molecule has 3 heteroatoms. The molecule has 0 aliphatic rings. The number of aryl methyl sites for hydroxylation is 2. The molecule has 2 rings (SSSR count). The maximum Gasteiger partial charge on any atom is 0.238 e. The Kier molecular flexibility index (Phi) is 3.15. The van der Waals surface area contributed by atoms with Crippen molar-refractivity contribution in [3.63, 3.8) is 0 Å². The molecule has 0 unspecified atom stereocenters. The summed E-state index contributed by atoms with van der Waals surface area (Å²) in [6.45, 7) is 4.05. The maximum absolute atomic E-state index is 5.64. The van der Waals surface area contributed by atoms with Gasteiger partial charge in [0, 0.05) is 6.07 Å². The van der Waals surface area contributed by atoms with Crippen molar-refractivity contribution in [1.29, 1.82) is 0 Å². The van der Waals surface area contributed by atoms with Crippen molar-refractivity contribution in [2.45, 2.75) is 20.3 Å². The molecule has 1 aromatic carbocycles. The number of hydrogen-bond acceptors (Lipinski definition) is 3. The second kappa shape index (κ2) is 4.75. The van der Waals surface area contributed by atoms with Crippen LogP contribution in [0, 0.1) is 6.92 Å². The third-order valence-electron chi connectivity index (χ3n) is 2.37. The van der Waals surface area contributed by atoms with Crippen LogP contribution in [0.15, 0.2) is 36.4 Å². The van der Waals surface area contributed by atoms with Gasteiger partial charge in [0.05, 0.1) is 5.69 Å². The lowest BCUT2D eigenvalue weighted by molar-refractivity contribution is 0.450. The van der Waals surface area contributed by atoms with Gasteiger partial charge in [-0.05, 0) is 31.0 Å². The summed E-state index contributed by atoms with van der Waals surface area (Å²) >= 11 is 0. The van der Waals surface area contributed by atoms with Gasteiger partial charge >= 0.3 is 0 Å². The monoisotopic (exact) mass is 214 g/mol. The van der Waals surface area contributed by atoms with Crippen molar-refractivity contribution in [3.05, 3.63) is 47.7 Å². The minimum absolute atomic E-state index is 0.534. The molecule has 0 aliphatic heterocycles. The van der Waals surface area contributed by atoms with Crippen molar-refractivity contribution in [1.82, 2.24) is 10.2 Å². The number of rotatable bonds is 3. The Hall–Kier alpha value is -1.90. The van der Waals surface area contributed by atoms with Gasteiger partial charge < -0.3 is 4.74 Å². The smallest absolute Gasteiger partial charge is 0.238 e. The Morgan fingerprint density at radius 3 is 2.50 bits per heavy atom. The summed E-state index contributed by atoms with van der Waals surface area (Å²) in [5.74, 6) is 1.35. The van der Waals surface area contributed by atoms with Gasteiger partial charge in [0.15, 0.2) is 0 Å². The van der Waals surface area contributed by atoms with Gasteiger partial charge in [-0.15, -0.1) is 5.10 Å². The van der Waals surface area contributed by atoms with Gasteiger partial charge in [0.2, 0.25) is 5.88 Å². The lowest BCUT2D eigenvalue weighted by atomic mass is 10.2. The molecule has 0 N–H and O–H groups in total. The number of nitrogens with zero attached hydrogens (tertiary/aromatic N) is 2. The minimum Gasteiger partial charge on any atom is -0.437 e. The zero-order valence-electron chi connectivity index (χ0n) is 9.47. The molecule has 0 spiro atoms. The summed E-state index contributed by atoms with van der Waals surface area (Å²) < 4.78 is 5.64. The van der Waals surface area contributed by atoms with Crippen molar-refractivity contribution in [3.8, 4) is 11.6 Å². The molecule has 0 saturated carbocycles. The predicted octanol–water partition coefficient (Wildman–Crippen LogP) is 3.14. The van der Waals surface area contributed by atoms with E-state index in [1.807, 2.05) is 50.2 Å². The molecule has 1 aromatic heterocycles. The second-order valence-corrected chi connectivity index (χ2v) is 3.58. The van der Waals surface area contributed by atoms with Gasteiger partial charge in [-0.3, -0.25) is 0 Å². The highest BCUT2D eigenvalue weighted by molar-refractivity contribution is 5.34. The van der Waals surface area contributed by atoms with Crippen LogP contribution in [0.3, 0.4) is 0 Å². The maximum atomic E-state index is 5.64. The third-order valence-corrected chi connectivity index (χ3v) is 2.37. The molecule has 0 radical (unpaired) electrons. The van der Waals surface area contributed by atoms with Crippen LogP contribution in [-0.4, -0.2) is 10.2 Å². The summed E-state index contributed by atoms with van der Waals surface area (Å²) in [5, 5.41) is 8.06. The summed E-state index contributed by atoms with van der Waals surface area (Å²) in [6.07, 6.45) is 0.887. The molecule has 3 nitrogen and oxygen atoms in total. The molecule has 82 valence electrons. The van der Waals surface area contributed by atoms with E-state index in [1.165, 1.54) is 0 Å². The normalized spacial score (nSPS) is 10.1. The quantitative estimate of drug-likeness (QED) is 0.787. The van der Waals surface area contributed by atoms with E-state index in [9.17, 15) is 0 Å². The Balaban J connectivity index is 2.18. The Bertz CT molecular complexity index is 466. The average molecular weight is 214 g/mol. The molecule has 16 heavy (non-hydrogen) atoms. The molecular weight excluding hydrogens is 200 g/mol. The van der Waals surface area contributed by atoms with Gasteiger partial charge in [0.25, 0.3) is 0 Å². The van der Waals surface area contributed by atoms with Crippen LogP contribution in [-0.2, 0) is 6.42 Å². The van der Waals surface area contributed by atoms with E-state index in [4.69, 9.17) is 4.74 Å². The zero-order valence-corrected chi connectivity index (χ0v) is 9.47. The molecular formula is C13H14N2O. The first kappa shape index (κ1) is 10.6. The first-order valence-corrected chi connectivity index (χ1v) is 5.35. The first-order valence-electron chi connectivity index (χ1n) is 5.35. The number of ether oxygens (including phenoxy) is 1. The molecule has 0 aliphatic carbocycles. The zero-order chi connectivity index (χ0) is 11.4. The first-order chi connectivity index (χ1) is 7.79. The van der Waals surface area contributed by atoms with Crippen molar-refractivity contribution in [2.75, 3.05) is 0 Å². The van der Waals surface area contributed by atoms with Crippen molar-refractivity contribution < 1.29 is 4.74 Å². The highest BCUT2D eigenvalue weighted by Crippen LogP contribution is 2.22. The molecule has 1 heterocycles. The van der Waals surface area contributed by atoms with E-state index >= 15 is 0 Å². The topological polar surface area (TPSA) is 35.0 Å². The highest BCUT2D eigenvalue weighted by atomic mass is 16.5. The van der Waals surface area contributed by atoms with Gasteiger partial charge in [0.1, 0.15) is 5.75 Å².